The van der Waals surface area contributed by atoms with Gasteiger partial charge in [0.05, 0.1) is 11.5 Å². The highest BCUT2D eigenvalue weighted by atomic mass is 79.9. The Balaban J connectivity index is 1.78. The highest BCUT2D eigenvalue weighted by Gasteiger charge is 2.64. The van der Waals surface area contributed by atoms with Crippen LogP contribution in [0.4, 0.5) is 0 Å². The summed E-state index contributed by atoms with van der Waals surface area (Å²) in [5.74, 6) is 1.12. The Kier molecular flexibility index (Phi) is 3.89. The number of halogens is 1. The molecule has 0 aromatic rings. The van der Waals surface area contributed by atoms with Gasteiger partial charge in [0.1, 0.15) is 5.78 Å². The third kappa shape index (κ3) is 1.99. The molecule has 0 N–H and O–H groups in total. The van der Waals surface area contributed by atoms with Crippen molar-refractivity contribution in [3.8, 4) is 0 Å². The molecule has 4 aliphatic rings. The van der Waals surface area contributed by atoms with Crippen LogP contribution in [0.5, 0.6) is 0 Å². The maximum absolute atomic E-state index is 13.1. The molecule has 0 heterocycles. The summed E-state index contributed by atoms with van der Waals surface area (Å²) in [6.07, 6.45) is 7.47. The largest absolute Gasteiger partial charge is 0.380 e. The lowest BCUT2D eigenvalue weighted by molar-refractivity contribution is -0.142. The number of ketones is 2. The molecule has 0 aliphatic heterocycles. The van der Waals surface area contributed by atoms with Gasteiger partial charge < -0.3 is 4.74 Å². The smallest absolute Gasteiger partial charge is 0.159 e. The number of carbonyl (C=O) groups excluding carboxylic acids is 2. The third-order valence-electron chi connectivity index (χ3n) is 7.94. The normalized spacial score (nSPS) is 50.8. The molecule has 4 rings (SSSR count). The fourth-order valence-corrected chi connectivity index (χ4v) is 7.41. The van der Waals surface area contributed by atoms with Crippen molar-refractivity contribution < 1.29 is 14.3 Å². The van der Waals surface area contributed by atoms with Crippen molar-refractivity contribution in [2.75, 3.05) is 7.11 Å². The molecule has 0 radical (unpaired) electrons. The number of Topliss-reactive ketones (excluding diaryl/α,β-unsaturated/α-hetero) is 1. The summed E-state index contributed by atoms with van der Waals surface area (Å²) >= 11 is 3.87. The van der Waals surface area contributed by atoms with Gasteiger partial charge in [0.2, 0.25) is 0 Å². The quantitative estimate of drug-likeness (QED) is 0.629. The van der Waals surface area contributed by atoms with Gasteiger partial charge in [-0.25, -0.2) is 0 Å². The fourth-order valence-electron chi connectivity index (χ4n) is 6.41. The van der Waals surface area contributed by atoms with Gasteiger partial charge in [-0.2, -0.15) is 0 Å². The average Bonchev–Trinajstić information content (AvgIpc) is 2.81. The molecule has 4 aliphatic carbocycles. The van der Waals surface area contributed by atoms with Crippen LogP contribution in [0.25, 0.3) is 0 Å². The van der Waals surface area contributed by atoms with Gasteiger partial charge in [-0.1, -0.05) is 28.4 Å². The van der Waals surface area contributed by atoms with E-state index in [0.29, 0.717) is 18.1 Å². The number of fused-ring (bicyclic) bond motifs is 5. The van der Waals surface area contributed by atoms with Crippen LogP contribution in [-0.2, 0) is 14.3 Å². The predicted molar refractivity (Wildman–Crippen MR) is 96.0 cm³/mol. The summed E-state index contributed by atoms with van der Waals surface area (Å²) < 4.78 is 5.71. The fraction of sp³-hybridized carbons (Fsp3) is 0.800. The van der Waals surface area contributed by atoms with E-state index >= 15 is 0 Å². The second-order valence-electron chi connectivity index (χ2n) is 8.75. The minimum absolute atomic E-state index is 0.0141. The minimum atomic E-state index is -0.398. The van der Waals surface area contributed by atoms with Gasteiger partial charge in [-0.3, -0.25) is 9.59 Å². The molecule has 0 spiro atoms. The minimum Gasteiger partial charge on any atom is -0.380 e. The van der Waals surface area contributed by atoms with Crippen molar-refractivity contribution in [1.29, 1.82) is 0 Å². The van der Waals surface area contributed by atoms with Crippen molar-refractivity contribution in [1.82, 2.24) is 0 Å². The molecule has 0 aromatic heterocycles. The van der Waals surface area contributed by atoms with Gasteiger partial charge in [0, 0.05) is 24.3 Å². The van der Waals surface area contributed by atoms with Crippen LogP contribution in [0.2, 0.25) is 0 Å². The molecule has 3 nitrogen and oxygen atoms in total. The lowest BCUT2D eigenvalue weighted by Crippen LogP contribution is -2.55. The zero-order valence-corrected chi connectivity index (χ0v) is 16.4. The van der Waals surface area contributed by atoms with E-state index in [-0.39, 0.29) is 34.0 Å². The number of carbonyl (C=O) groups is 2. The summed E-state index contributed by atoms with van der Waals surface area (Å²) in [6, 6.07) is 0. The van der Waals surface area contributed by atoms with Crippen molar-refractivity contribution in [2.45, 2.75) is 63.3 Å². The van der Waals surface area contributed by atoms with E-state index in [1.807, 2.05) is 6.08 Å². The number of ether oxygens (including phenoxy) is 1. The summed E-state index contributed by atoms with van der Waals surface area (Å²) in [6.45, 7) is 4.44. The van der Waals surface area contributed by atoms with E-state index < -0.39 is 5.41 Å². The molecule has 132 valence electrons. The number of hydrogen-bond acceptors (Lipinski definition) is 3. The predicted octanol–water partition coefficient (Wildman–Crippen LogP) is 4.09. The summed E-state index contributed by atoms with van der Waals surface area (Å²) in [5.41, 5.74) is 0.799. The van der Waals surface area contributed by atoms with Crippen molar-refractivity contribution in [3.63, 3.8) is 0 Å². The molecular formula is C20H27BrO3. The molecule has 3 fully saturated rings. The Morgan fingerprint density at radius 2 is 1.96 bits per heavy atom. The van der Waals surface area contributed by atoms with Crippen LogP contribution < -0.4 is 0 Å². The molecule has 4 heteroatoms. The van der Waals surface area contributed by atoms with E-state index in [1.54, 1.807) is 7.11 Å². The first kappa shape index (κ1) is 17.0. The van der Waals surface area contributed by atoms with E-state index in [2.05, 4.69) is 29.8 Å². The lowest BCUT2D eigenvalue weighted by Gasteiger charge is -2.55. The van der Waals surface area contributed by atoms with Crippen molar-refractivity contribution in [3.05, 3.63) is 11.6 Å². The van der Waals surface area contributed by atoms with Crippen molar-refractivity contribution in [2.24, 2.45) is 28.6 Å². The first-order valence-electron chi connectivity index (χ1n) is 9.29. The first-order chi connectivity index (χ1) is 11.3. The topological polar surface area (TPSA) is 43.4 Å². The number of hydrogen-bond donors (Lipinski definition) is 0. The average molecular weight is 395 g/mol. The van der Waals surface area contributed by atoms with Gasteiger partial charge in [0.25, 0.3) is 0 Å². The van der Waals surface area contributed by atoms with Crippen LogP contribution >= 0.6 is 15.9 Å². The molecule has 3 saturated carbocycles. The Hall–Kier alpha value is -0.480. The molecule has 7 atom stereocenters. The van der Waals surface area contributed by atoms with Gasteiger partial charge >= 0.3 is 0 Å². The highest BCUT2D eigenvalue weighted by molar-refractivity contribution is 9.09. The SMILES string of the molecule is COC1C[C@H]2[C@@H]3C(=O)C=C4CCCC(=O)[C@]4(C)[C@@H]3CC[C@]2(C)C1Br. The third-order valence-corrected chi connectivity index (χ3v) is 9.57. The molecule has 0 saturated heterocycles. The van der Waals surface area contributed by atoms with Crippen LogP contribution in [0.1, 0.15) is 52.4 Å². The lowest BCUT2D eigenvalue weighted by atomic mass is 9.47. The van der Waals surface area contributed by atoms with Crippen LogP contribution in [0, 0.1) is 28.6 Å². The zero-order chi connectivity index (χ0) is 17.3. The molecule has 0 amide bonds. The first-order valence-corrected chi connectivity index (χ1v) is 10.2. The van der Waals surface area contributed by atoms with Crippen LogP contribution in [-0.4, -0.2) is 29.6 Å². The number of methoxy groups -OCH3 is 1. The molecule has 2 unspecified atom stereocenters. The van der Waals surface area contributed by atoms with E-state index in [0.717, 1.165) is 37.7 Å². The standard InChI is InChI=1S/C20H27BrO3/c1-19-8-7-12-17(13(19)10-15(24-3)18(19)21)14(22)9-11-5-4-6-16(23)20(11,12)2/h9,12-13,15,17-18H,4-8,10H2,1-3H3/t12-,13+,15?,17-,18?,19+,20+/m1/s1. The second-order valence-corrected chi connectivity index (χ2v) is 9.73. The molecule has 0 bridgehead atoms. The number of rotatable bonds is 1. The number of allylic oxidation sites excluding steroid dienone is 2. The monoisotopic (exact) mass is 394 g/mol. The molecular weight excluding hydrogens is 368 g/mol. The highest BCUT2D eigenvalue weighted by Crippen LogP contribution is 2.64. The summed E-state index contributed by atoms with van der Waals surface area (Å²) in [4.78, 5) is 26.2. The van der Waals surface area contributed by atoms with Crippen LogP contribution in [0.15, 0.2) is 11.6 Å². The van der Waals surface area contributed by atoms with E-state index in [4.69, 9.17) is 4.74 Å². The summed E-state index contributed by atoms with van der Waals surface area (Å²) in [7, 11) is 1.77. The maximum atomic E-state index is 13.1. The zero-order valence-electron chi connectivity index (χ0n) is 14.8. The Labute approximate surface area is 152 Å². The molecule has 24 heavy (non-hydrogen) atoms. The number of alkyl halides is 1. The van der Waals surface area contributed by atoms with Gasteiger partial charge in [-0.15, -0.1) is 0 Å². The van der Waals surface area contributed by atoms with Gasteiger partial charge in [0.15, 0.2) is 5.78 Å². The van der Waals surface area contributed by atoms with Gasteiger partial charge in [-0.05, 0) is 62.4 Å². The molecule has 0 aromatic carbocycles. The van der Waals surface area contributed by atoms with E-state index in [9.17, 15) is 9.59 Å². The summed E-state index contributed by atoms with van der Waals surface area (Å²) in [5, 5.41) is 0. The Bertz CT molecular complexity index is 626. The maximum Gasteiger partial charge on any atom is 0.159 e. The van der Waals surface area contributed by atoms with Crippen LogP contribution in [0.3, 0.4) is 0 Å². The second kappa shape index (κ2) is 5.51. The Morgan fingerprint density at radius 3 is 2.67 bits per heavy atom. The van der Waals surface area contributed by atoms with E-state index in [1.165, 1.54) is 0 Å². The Morgan fingerprint density at radius 1 is 1.21 bits per heavy atom. The van der Waals surface area contributed by atoms with Crippen molar-refractivity contribution >= 4 is 27.5 Å².